The number of aromatic nitrogens is 1. The number of nitrogens with zero attached hydrogens (tertiary/aromatic N) is 1. The molecular weight excluding hydrogens is 995 g/mol. The van der Waals surface area contributed by atoms with Crippen LogP contribution in [0.1, 0.15) is 104 Å². The van der Waals surface area contributed by atoms with Crippen LogP contribution in [0, 0.1) is 12.8 Å². The van der Waals surface area contributed by atoms with Gasteiger partial charge in [0.25, 0.3) is 0 Å². The molecule has 13 N–H and O–H groups in total. The zero-order valence-corrected chi connectivity index (χ0v) is 44.4. The fourth-order valence-electron chi connectivity index (χ4n) is 8.13. The van der Waals surface area contributed by atoms with Crippen LogP contribution in [0.15, 0.2) is 18.2 Å². The van der Waals surface area contributed by atoms with Crippen molar-refractivity contribution in [1.29, 1.82) is 0 Å². The maximum Gasteiger partial charge on any atom is 0.407 e. The largest absolute Gasteiger partial charge is 0.508 e. The molecule has 2 aromatic rings. The Hall–Kier alpha value is -7.35. The fraction of sp³-hybridized carbons (Fsp3) is 0.620. The zero-order valence-electron chi connectivity index (χ0n) is 44.4. The summed E-state index contributed by atoms with van der Waals surface area (Å²) in [6.45, 7) is 8.84. The minimum Gasteiger partial charge on any atom is -0.508 e. The van der Waals surface area contributed by atoms with E-state index < -0.39 is 140 Å². The molecule has 3 rings (SSSR count). The van der Waals surface area contributed by atoms with Crippen LogP contribution in [-0.2, 0) is 63.8 Å². The van der Waals surface area contributed by atoms with Crippen LogP contribution < -0.4 is 48.3 Å². The Morgan fingerprint density at radius 1 is 0.868 bits per heavy atom. The number of nitrogens with one attached hydrogen (secondary N) is 9. The summed E-state index contributed by atoms with van der Waals surface area (Å²) in [4.78, 5) is 145. The van der Waals surface area contributed by atoms with Gasteiger partial charge < -0.3 is 77.7 Å². The lowest BCUT2D eigenvalue weighted by Crippen LogP contribution is -2.58. The number of aromatic hydroxyl groups is 1. The summed E-state index contributed by atoms with van der Waals surface area (Å²) in [5, 5.41) is 41.7. The number of benzene rings is 1. The number of aldehydes is 1. The number of rotatable bonds is 31. The number of likely N-dealkylation sites (tertiary alicyclic amines) is 1. The summed E-state index contributed by atoms with van der Waals surface area (Å²) in [5.74, 6) is -7.13. The molecule has 9 amide bonds. The number of aromatic amines is 1. The number of carbonyl (C=O) groups is 11. The van der Waals surface area contributed by atoms with E-state index in [9.17, 15) is 63.0 Å². The summed E-state index contributed by atoms with van der Waals surface area (Å²) in [7, 11) is 1.75. The molecular formula is C50H77N11O15. The fourth-order valence-corrected chi connectivity index (χ4v) is 8.13. The van der Waals surface area contributed by atoms with Crippen molar-refractivity contribution in [3.63, 3.8) is 0 Å². The average Bonchev–Trinajstić information content (AvgIpc) is 3.92. The van der Waals surface area contributed by atoms with E-state index in [1.807, 2.05) is 4.90 Å². The average molecular weight is 1070 g/mol. The van der Waals surface area contributed by atoms with Crippen molar-refractivity contribution >= 4 is 76.5 Å². The van der Waals surface area contributed by atoms with E-state index in [2.05, 4.69) is 47.5 Å². The van der Waals surface area contributed by atoms with E-state index in [-0.39, 0.29) is 31.1 Å². The third-order valence-electron chi connectivity index (χ3n) is 12.3. The molecule has 7 atom stereocenters. The molecule has 1 aromatic heterocycles. The molecule has 0 spiro atoms. The lowest BCUT2D eigenvalue weighted by atomic mass is 9.98. The molecule has 422 valence electrons. The number of carbonyl (C=O) groups excluding carboxylic acids is 11. The quantitative estimate of drug-likeness (QED) is 0.0235. The number of primary amides is 1. The van der Waals surface area contributed by atoms with Gasteiger partial charge in [-0.2, -0.15) is 0 Å². The van der Waals surface area contributed by atoms with Crippen molar-refractivity contribution in [2.75, 3.05) is 46.4 Å². The van der Waals surface area contributed by atoms with Crippen LogP contribution >= 0.6 is 0 Å². The van der Waals surface area contributed by atoms with E-state index in [1.165, 1.54) is 12.1 Å². The second-order valence-corrected chi connectivity index (χ2v) is 19.9. The first-order chi connectivity index (χ1) is 35.8. The first kappa shape index (κ1) is 62.9. The Morgan fingerprint density at radius 2 is 1.54 bits per heavy atom. The number of ether oxygens (including phenoxy) is 2. The number of fused-ring (bicyclic) bond motifs is 1. The van der Waals surface area contributed by atoms with E-state index in [0.717, 1.165) is 0 Å². The SMILES string of the molecule is CCC(C)C(NC(=O)CNC(=O)C(Cc1c(C)[nH]c2cc(O)ccc12)NC(=O)C(CC(O)COC(=O)NCCCCCC(=O)OC(C)(C)C)NC(=O)C1CCCN1C)C(=O)NCC(=O)NCC(=O)NC(C=O)CC(N)=O. The number of aliphatic hydroxyl groups is 1. The van der Waals surface area contributed by atoms with Gasteiger partial charge >= 0.3 is 12.1 Å². The van der Waals surface area contributed by atoms with Crippen LogP contribution in [0.2, 0.25) is 0 Å². The molecule has 0 bridgehead atoms. The number of likely N-dealkylation sites (N-methyl/N-ethyl adjacent to an activating group) is 1. The number of aliphatic hydroxyl groups excluding tert-OH is 1. The van der Waals surface area contributed by atoms with Gasteiger partial charge in [-0.25, -0.2) is 4.79 Å². The Labute approximate surface area is 441 Å². The van der Waals surface area contributed by atoms with Gasteiger partial charge in [-0.3, -0.25) is 48.1 Å². The van der Waals surface area contributed by atoms with E-state index in [4.69, 9.17) is 15.2 Å². The number of H-pyrrole nitrogens is 1. The first-order valence-corrected chi connectivity index (χ1v) is 25.4. The third kappa shape index (κ3) is 22.2. The molecule has 1 aromatic carbocycles. The summed E-state index contributed by atoms with van der Waals surface area (Å²) < 4.78 is 10.5. The highest BCUT2D eigenvalue weighted by Crippen LogP contribution is 2.27. The van der Waals surface area contributed by atoms with E-state index >= 15 is 0 Å². The molecule has 7 unspecified atom stereocenters. The standard InChI is InChI=1S/C50H77N11O15/c1-8-28(2)44(48(73)55-23-40(66)53-24-41(67)57-30(26-62)19-39(51)65)60-42(68)25-54-45(70)37(22-34-29(3)56-35-20-31(63)15-16-33(34)35)58-46(71)36(59-47(72)38-13-12-18-61(38)7)21-32(64)27-75-49(74)52-17-11-9-10-14-43(69)76-50(4,5)6/h15-16,20,26,28,30,32,36-38,44,56,63-64H,8-14,17-19,21-25,27H2,1-7H3,(H2,51,65)(H,52,74)(H,53,66)(H,54,70)(H,55,73)(H,57,67)(H,58,71)(H,59,72)(H,60,68). The number of esters is 1. The van der Waals surface area contributed by atoms with Crippen LogP contribution in [0.3, 0.4) is 0 Å². The number of unbranched alkanes of at least 4 members (excludes halogenated alkanes) is 2. The molecule has 1 aliphatic rings. The Balaban J connectivity index is 1.73. The van der Waals surface area contributed by atoms with Crippen molar-refractivity contribution in [1.82, 2.24) is 52.4 Å². The number of alkyl carbamates (subject to hydrolysis) is 1. The Morgan fingerprint density at radius 3 is 2.18 bits per heavy atom. The maximum atomic E-state index is 14.3. The normalized spacial score (nSPS) is 15.8. The molecule has 26 heteroatoms. The number of nitrogens with two attached hydrogens (primary N) is 1. The highest BCUT2D eigenvalue weighted by atomic mass is 16.6. The number of amides is 9. The van der Waals surface area contributed by atoms with Crippen LogP contribution in [0.4, 0.5) is 4.79 Å². The molecule has 0 radical (unpaired) electrons. The number of phenolic OH excluding ortho intramolecular Hbond substituents is 1. The number of hydrogen-bond donors (Lipinski definition) is 12. The summed E-state index contributed by atoms with van der Waals surface area (Å²) >= 11 is 0. The predicted molar refractivity (Wildman–Crippen MR) is 274 cm³/mol. The lowest BCUT2D eigenvalue weighted by molar-refractivity contribution is -0.155. The molecule has 0 saturated carbocycles. The van der Waals surface area contributed by atoms with Gasteiger partial charge in [0.1, 0.15) is 42.4 Å². The molecule has 0 aliphatic carbocycles. The van der Waals surface area contributed by atoms with Crippen molar-refractivity contribution in [3.05, 3.63) is 29.5 Å². The van der Waals surface area contributed by atoms with Gasteiger partial charge in [0.15, 0.2) is 0 Å². The number of hydrogen-bond acceptors (Lipinski definition) is 16. The van der Waals surface area contributed by atoms with E-state index in [1.54, 1.807) is 54.7 Å². The smallest absolute Gasteiger partial charge is 0.407 e. The van der Waals surface area contributed by atoms with Crippen molar-refractivity contribution in [2.45, 2.75) is 148 Å². The topological polar surface area (TPSA) is 388 Å². The molecule has 26 nitrogen and oxygen atoms in total. The second kappa shape index (κ2) is 30.9. The highest BCUT2D eigenvalue weighted by molar-refractivity contribution is 5.96. The molecule has 1 saturated heterocycles. The number of phenols is 1. The molecule has 1 fully saturated rings. The number of aryl methyl sites for hydroxylation is 1. The van der Waals surface area contributed by atoms with Gasteiger partial charge in [-0.15, -0.1) is 0 Å². The van der Waals surface area contributed by atoms with Crippen molar-refractivity contribution < 1.29 is 72.4 Å². The second-order valence-electron chi connectivity index (χ2n) is 19.9. The predicted octanol–water partition coefficient (Wildman–Crippen LogP) is -1.39. The Bertz CT molecular complexity index is 2370. The highest BCUT2D eigenvalue weighted by Gasteiger charge is 2.35. The first-order valence-electron chi connectivity index (χ1n) is 25.4. The maximum absolute atomic E-state index is 14.3. The molecule has 76 heavy (non-hydrogen) atoms. The van der Waals surface area contributed by atoms with Gasteiger partial charge in [-0.05, 0) is 90.6 Å². The van der Waals surface area contributed by atoms with Crippen LogP contribution in [-0.4, -0.2) is 174 Å². The van der Waals surface area contributed by atoms with Gasteiger partial charge in [-0.1, -0.05) is 26.7 Å². The zero-order chi connectivity index (χ0) is 56.7. The lowest BCUT2D eigenvalue weighted by Gasteiger charge is -2.27. The van der Waals surface area contributed by atoms with Crippen LogP contribution in [0.5, 0.6) is 5.75 Å². The van der Waals surface area contributed by atoms with Gasteiger partial charge in [0.05, 0.1) is 44.2 Å². The van der Waals surface area contributed by atoms with Gasteiger partial charge in [0.2, 0.25) is 47.3 Å². The van der Waals surface area contributed by atoms with Crippen molar-refractivity contribution in [3.8, 4) is 5.75 Å². The monoisotopic (exact) mass is 1070 g/mol. The molecule has 1 aliphatic heterocycles. The summed E-state index contributed by atoms with van der Waals surface area (Å²) in [6.07, 6.45) is 0.429. The van der Waals surface area contributed by atoms with E-state index in [0.29, 0.717) is 73.5 Å². The third-order valence-corrected chi connectivity index (χ3v) is 12.3. The van der Waals surface area contributed by atoms with Gasteiger partial charge in [0, 0.05) is 48.5 Å². The minimum atomic E-state index is -1.48. The minimum absolute atomic E-state index is 0.0332. The molecule has 2 heterocycles. The summed E-state index contributed by atoms with van der Waals surface area (Å²) in [6, 6.07) is -1.37. The van der Waals surface area contributed by atoms with Crippen molar-refractivity contribution in [2.24, 2.45) is 11.7 Å². The summed E-state index contributed by atoms with van der Waals surface area (Å²) in [5.41, 5.74) is 6.13. The Kier molecular flexibility index (Phi) is 25.6. The van der Waals surface area contributed by atoms with Crippen LogP contribution in [0.25, 0.3) is 10.9 Å².